The average Bonchev–Trinajstić information content (AvgIpc) is 3.27. The van der Waals surface area contributed by atoms with E-state index < -0.39 is 4.92 Å². The number of aromatic nitrogens is 1. The van der Waals surface area contributed by atoms with Crippen LogP contribution < -0.4 is 5.32 Å². The number of morpholine rings is 1. The molecule has 8 heteroatoms. The van der Waals surface area contributed by atoms with Crippen LogP contribution in [-0.4, -0.2) is 60.1 Å². The predicted octanol–water partition coefficient (Wildman–Crippen LogP) is 3.61. The number of hydrogen-bond donors (Lipinski definition) is 2. The number of benzene rings is 2. The zero-order valence-corrected chi connectivity index (χ0v) is 18.9. The minimum atomic E-state index is -0.406. The Labute approximate surface area is 193 Å². The van der Waals surface area contributed by atoms with E-state index in [-0.39, 0.29) is 23.9 Å². The number of H-pyrrole nitrogens is 1. The minimum absolute atomic E-state index is 0.0346. The molecule has 1 fully saturated rings. The summed E-state index contributed by atoms with van der Waals surface area (Å²) in [5, 5.41) is 15.2. The van der Waals surface area contributed by atoms with Crippen molar-refractivity contribution in [3.05, 3.63) is 75.5 Å². The van der Waals surface area contributed by atoms with Crippen LogP contribution in [0.2, 0.25) is 0 Å². The Balaban J connectivity index is 1.55. The van der Waals surface area contributed by atoms with E-state index in [1.165, 1.54) is 17.7 Å². The Morgan fingerprint density at radius 2 is 1.97 bits per heavy atom. The summed E-state index contributed by atoms with van der Waals surface area (Å²) in [6, 6.07) is 12.7. The van der Waals surface area contributed by atoms with Gasteiger partial charge in [-0.05, 0) is 23.1 Å². The fourth-order valence-corrected chi connectivity index (χ4v) is 4.49. The number of aromatic amines is 1. The number of carbonyl (C=O) groups excluding carboxylic acids is 1. The summed E-state index contributed by atoms with van der Waals surface area (Å²) >= 11 is 0. The van der Waals surface area contributed by atoms with Crippen molar-refractivity contribution in [2.24, 2.45) is 0 Å². The Hall–Kier alpha value is -3.23. The highest BCUT2D eigenvalue weighted by molar-refractivity contribution is 5.88. The first-order valence-corrected chi connectivity index (χ1v) is 11.5. The summed E-state index contributed by atoms with van der Waals surface area (Å²) in [5.41, 5.74) is 4.25. The van der Waals surface area contributed by atoms with Crippen LogP contribution in [0.3, 0.4) is 0 Å². The van der Waals surface area contributed by atoms with E-state index in [9.17, 15) is 14.9 Å². The standard InChI is InChI=1S/C25H30N4O4/c1-2-18-4-3-5-21-23(17-27-25(18)21)22(19-6-8-20(9-7-19)29(31)32)16-24(30)26-10-11-28-12-14-33-15-13-28/h3-9,17,22,27H,2,10-16H2,1H3,(H,26,30)/t22-/m1/s1. The summed E-state index contributed by atoms with van der Waals surface area (Å²) in [6.07, 6.45) is 3.14. The highest BCUT2D eigenvalue weighted by Gasteiger charge is 2.23. The third-order valence-electron chi connectivity index (χ3n) is 6.34. The number of amides is 1. The maximum Gasteiger partial charge on any atom is 0.269 e. The molecule has 2 aromatic carbocycles. The van der Waals surface area contributed by atoms with Crippen LogP contribution in [0.25, 0.3) is 10.9 Å². The average molecular weight is 451 g/mol. The molecule has 1 aromatic heterocycles. The van der Waals surface area contributed by atoms with Crippen molar-refractivity contribution in [1.82, 2.24) is 15.2 Å². The molecule has 0 unspecified atom stereocenters. The van der Waals surface area contributed by atoms with Gasteiger partial charge >= 0.3 is 0 Å². The molecule has 1 aliphatic heterocycles. The molecule has 33 heavy (non-hydrogen) atoms. The molecular formula is C25H30N4O4. The summed E-state index contributed by atoms with van der Waals surface area (Å²) in [5.74, 6) is -0.248. The van der Waals surface area contributed by atoms with Crippen LogP contribution in [0.4, 0.5) is 5.69 Å². The third kappa shape index (κ3) is 5.40. The zero-order chi connectivity index (χ0) is 23.2. The van der Waals surface area contributed by atoms with Crippen molar-refractivity contribution in [2.75, 3.05) is 39.4 Å². The molecule has 1 atom stereocenters. The number of rotatable bonds is 9. The molecule has 4 rings (SSSR count). The number of hydrogen-bond acceptors (Lipinski definition) is 5. The minimum Gasteiger partial charge on any atom is -0.379 e. The second kappa shape index (κ2) is 10.6. The van der Waals surface area contributed by atoms with Crippen molar-refractivity contribution in [3.63, 3.8) is 0 Å². The van der Waals surface area contributed by atoms with Gasteiger partial charge in [-0.2, -0.15) is 0 Å². The molecule has 0 spiro atoms. The molecule has 0 saturated carbocycles. The first kappa shape index (κ1) is 22.9. The molecular weight excluding hydrogens is 420 g/mol. The normalized spacial score (nSPS) is 15.4. The lowest BCUT2D eigenvalue weighted by Gasteiger charge is -2.26. The quantitative estimate of drug-likeness (QED) is 0.383. The monoisotopic (exact) mass is 450 g/mol. The lowest BCUT2D eigenvalue weighted by molar-refractivity contribution is -0.384. The van der Waals surface area contributed by atoms with Crippen LogP contribution in [0.1, 0.15) is 36.0 Å². The smallest absolute Gasteiger partial charge is 0.269 e. The number of carbonyl (C=O) groups is 1. The second-order valence-corrected chi connectivity index (χ2v) is 8.35. The third-order valence-corrected chi connectivity index (χ3v) is 6.34. The molecule has 2 N–H and O–H groups in total. The SMILES string of the molecule is CCc1cccc2c([C@H](CC(=O)NCCN3CCOCC3)c3ccc([N+](=O)[O-])cc3)c[nH]c12. The maximum atomic E-state index is 12.9. The van der Waals surface area contributed by atoms with E-state index in [1.807, 2.05) is 12.3 Å². The number of nitrogens with zero attached hydrogens (tertiary/aromatic N) is 2. The van der Waals surface area contributed by atoms with Gasteiger partial charge < -0.3 is 15.0 Å². The van der Waals surface area contributed by atoms with Gasteiger partial charge in [0.1, 0.15) is 0 Å². The van der Waals surface area contributed by atoms with Gasteiger partial charge in [0.2, 0.25) is 5.91 Å². The van der Waals surface area contributed by atoms with Crippen LogP contribution in [-0.2, 0) is 16.0 Å². The van der Waals surface area contributed by atoms with Crippen molar-refractivity contribution in [2.45, 2.75) is 25.7 Å². The molecule has 0 bridgehead atoms. The van der Waals surface area contributed by atoms with E-state index in [0.29, 0.717) is 6.54 Å². The zero-order valence-electron chi connectivity index (χ0n) is 18.9. The van der Waals surface area contributed by atoms with E-state index in [0.717, 1.165) is 61.3 Å². The number of ether oxygens (including phenoxy) is 1. The number of fused-ring (bicyclic) bond motifs is 1. The molecule has 3 aromatic rings. The van der Waals surface area contributed by atoms with Crippen LogP contribution >= 0.6 is 0 Å². The van der Waals surface area contributed by atoms with Gasteiger partial charge in [0, 0.05) is 67.8 Å². The number of non-ortho nitro benzene ring substituents is 1. The fraction of sp³-hybridized carbons (Fsp3) is 0.400. The largest absolute Gasteiger partial charge is 0.379 e. The summed E-state index contributed by atoms with van der Waals surface area (Å²) < 4.78 is 5.37. The van der Waals surface area contributed by atoms with E-state index in [1.54, 1.807) is 12.1 Å². The first-order chi connectivity index (χ1) is 16.1. The predicted molar refractivity (Wildman–Crippen MR) is 128 cm³/mol. The number of para-hydroxylation sites is 1. The Morgan fingerprint density at radius 1 is 1.21 bits per heavy atom. The van der Waals surface area contributed by atoms with E-state index in [4.69, 9.17) is 4.74 Å². The topological polar surface area (TPSA) is 100 Å². The Kier molecular flexibility index (Phi) is 7.36. The van der Waals surface area contributed by atoms with E-state index >= 15 is 0 Å². The lowest BCUT2D eigenvalue weighted by atomic mass is 9.87. The Morgan fingerprint density at radius 3 is 2.67 bits per heavy atom. The van der Waals surface area contributed by atoms with E-state index in [2.05, 4.69) is 34.3 Å². The summed E-state index contributed by atoms with van der Waals surface area (Å²) in [7, 11) is 0. The van der Waals surface area contributed by atoms with Crippen molar-refractivity contribution in [1.29, 1.82) is 0 Å². The highest BCUT2D eigenvalue weighted by atomic mass is 16.6. The maximum absolute atomic E-state index is 12.9. The molecule has 1 aliphatic rings. The number of aryl methyl sites for hydroxylation is 1. The van der Waals surface area contributed by atoms with Crippen LogP contribution in [0.15, 0.2) is 48.7 Å². The fourth-order valence-electron chi connectivity index (χ4n) is 4.49. The van der Waals surface area contributed by atoms with Crippen molar-refractivity contribution in [3.8, 4) is 0 Å². The van der Waals surface area contributed by atoms with Crippen molar-refractivity contribution < 1.29 is 14.5 Å². The number of nitrogens with one attached hydrogen (secondary N) is 2. The molecule has 0 radical (unpaired) electrons. The summed E-state index contributed by atoms with van der Waals surface area (Å²) in [6.45, 7) is 6.73. The van der Waals surface area contributed by atoms with Crippen molar-refractivity contribution >= 4 is 22.5 Å². The van der Waals surface area contributed by atoms with Gasteiger partial charge in [0.15, 0.2) is 0 Å². The summed E-state index contributed by atoms with van der Waals surface area (Å²) in [4.78, 5) is 29.3. The van der Waals surface area contributed by atoms with Crippen LogP contribution in [0.5, 0.6) is 0 Å². The molecule has 8 nitrogen and oxygen atoms in total. The number of nitro groups is 1. The van der Waals surface area contributed by atoms with Gasteiger partial charge in [-0.3, -0.25) is 19.8 Å². The van der Waals surface area contributed by atoms with Gasteiger partial charge in [-0.1, -0.05) is 37.3 Å². The van der Waals surface area contributed by atoms with Gasteiger partial charge in [-0.15, -0.1) is 0 Å². The van der Waals surface area contributed by atoms with Gasteiger partial charge in [0.05, 0.1) is 18.1 Å². The lowest BCUT2D eigenvalue weighted by Crippen LogP contribution is -2.41. The Bertz CT molecular complexity index is 1100. The molecule has 1 amide bonds. The van der Waals surface area contributed by atoms with Gasteiger partial charge in [-0.25, -0.2) is 0 Å². The molecule has 1 saturated heterocycles. The second-order valence-electron chi connectivity index (χ2n) is 8.35. The highest BCUT2D eigenvalue weighted by Crippen LogP contribution is 2.35. The first-order valence-electron chi connectivity index (χ1n) is 11.5. The molecule has 2 heterocycles. The van der Waals surface area contributed by atoms with Crippen LogP contribution in [0, 0.1) is 10.1 Å². The van der Waals surface area contributed by atoms with Gasteiger partial charge in [0.25, 0.3) is 5.69 Å². The number of nitro benzene ring substituents is 1. The molecule has 174 valence electrons. The molecule has 0 aliphatic carbocycles.